The largest absolute Gasteiger partial charge is 0.494 e. The Morgan fingerprint density at radius 3 is 2.16 bits per heavy atom. The smallest absolute Gasteiger partial charge is 0.208 e. The van der Waals surface area contributed by atoms with Crippen molar-refractivity contribution in [3.63, 3.8) is 0 Å². The third-order valence-corrected chi connectivity index (χ3v) is 5.88. The Bertz CT molecular complexity index is 529. The van der Waals surface area contributed by atoms with Crippen molar-refractivity contribution >= 4 is 11.8 Å². The van der Waals surface area contributed by atoms with Crippen molar-refractivity contribution in [1.29, 1.82) is 0 Å². The highest BCUT2D eigenvalue weighted by molar-refractivity contribution is 8.00. The van der Waals surface area contributed by atoms with Gasteiger partial charge < -0.3 is 10.2 Å². The molecule has 1 rings (SSSR count). The predicted molar refractivity (Wildman–Crippen MR) is 110 cm³/mol. The Labute approximate surface area is 159 Å². The highest BCUT2D eigenvalue weighted by Gasteiger charge is 2.32. The molecule has 0 aliphatic heterocycles. The Morgan fingerprint density at radius 2 is 1.64 bits per heavy atom. The van der Waals surface area contributed by atoms with E-state index in [0.29, 0.717) is 5.25 Å². The first kappa shape index (κ1) is 22.3. The standard InChI is InChI=1S/C21H39NO2S/c1-8-10-11-13-16(12-9-2)25-17-14-18(23)22(19(17)24)21(6,7)15-20(3,4)5/h14,16,23-24H,8-13,15H2,1-7H3. The van der Waals surface area contributed by atoms with E-state index in [0.717, 1.165) is 24.2 Å². The number of aromatic hydroxyl groups is 2. The van der Waals surface area contributed by atoms with Gasteiger partial charge in [0.15, 0.2) is 5.88 Å². The summed E-state index contributed by atoms with van der Waals surface area (Å²) in [6, 6.07) is 1.74. The monoisotopic (exact) mass is 369 g/mol. The van der Waals surface area contributed by atoms with Crippen LogP contribution in [0.15, 0.2) is 11.0 Å². The molecule has 2 N–H and O–H groups in total. The van der Waals surface area contributed by atoms with Crippen LogP contribution in [0.25, 0.3) is 0 Å². The number of thioether (sulfide) groups is 1. The van der Waals surface area contributed by atoms with Gasteiger partial charge in [-0.1, -0.05) is 60.3 Å². The molecule has 0 radical (unpaired) electrons. The number of aromatic nitrogens is 1. The van der Waals surface area contributed by atoms with E-state index in [-0.39, 0.29) is 22.7 Å². The van der Waals surface area contributed by atoms with Crippen LogP contribution in [0, 0.1) is 5.41 Å². The topological polar surface area (TPSA) is 45.4 Å². The van der Waals surface area contributed by atoms with Crippen LogP contribution in [-0.2, 0) is 5.54 Å². The molecule has 1 atom stereocenters. The molecule has 0 spiro atoms. The van der Waals surface area contributed by atoms with Crippen molar-refractivity contribution in [2.45, 2.75) is 109 Å². The normalized spacial score (nSPS) is 14.0. The van der Waals surface area contributed by atoms with Crippen LogP contribution in [0.3, 0.4) is 0 Å². The lowest BCUT2D eigenvalue weighted by Gasteiger charge is -2.34. The Kier molecular flexibility index (Phi) is 8.24. The number of hydrogen-bond acceptors (Lipinski definition) is 3. The lowest BCUT2D eigenvalue weighted by Crippen LogP contribution is -2.30. The molecule has 1 heterocycles. The maximum Gasteiger partial charge on any atom is 0.208 e. The van der Waals surface area contributed by atoms with Gasteiger partial charge in [-0.25, -0.2) is 0 Å². The van der Waals surface area contributed by atoms with Gasteiger partial charge in [-0.2, -0.15) is 0 Å². The first-order valence-electron chi connectivity index (χ1n) is 9.82. The average Bonchev–Trinajstić information content (AvgIpc) is 2.71. The quantitative estimate of drug-likeness (QED) is 0.348. The first-order chi connectivity index (χ1) is 11.5. The molecule has 0 fully saturated rings. The lowest BCUT2D eigenvalue weighted by atomic mass is 9.81. The maximum absolute atomic E-state index is 10.8. The van der Waals surface area contributed by atoms with Gasteiger partial charge >= 0.3 is 0 Å². The van der Waals surface area contributed by atoms with Crippen molar-refractivity contribution in [1.82, 2.24) is 4.57 Å². The highest BCUT2D eigenvalue weighted by atomic mass is 32.2. The average molecular weight is 370 g/mol. The number of hydrogen-bond donors (Lipinski definition) is 2. The Hall–Kier alpha value is -0.770. The van der Waals surface area contributed by atoms with Crippen LogP contribution in [0.4, 0.5) is 0 Å². The zero-order chi connectivity index (χ0) is 19.3. The van der Waals surface area contributed by atoms with Crippen LogP contribution in [0.2, 0.25) is 0 Å². The van der Waals surface area contributed by atoms with Crippen molar-refractivity contribution < 1.29 is 10.2 Å². The second kappa shape index (κ2) is 9.25. The molecule has 0 saturated carbocycles. The van der Waals surface area contributed by atoms with E-state index in [2.05, 4.69) is 48.5 Å². The van der Waals surface area contributed by atoms with Gasteiger partial charge in [0.05, 0.1) is 4.90 Å². The van der Waals surface area contributed by atoms with Crippen molar-refractivity contribution in [3.8, 4) is 11.8 Å². The summed E-state index contributed by atoms with van der Waals surface area (Å²) in [7, 11) is 0. The molecule has 0 amide bonds. The summed E-state index contributed by atoms with van der Waals surface area (Å²) in [6.07, 6.45) is 8.05. The molecule has 0 bridgehead atoms. The summed E-state index contributed by atoms with van der Waals surface area (Å²) in [5.41, 5.74) is -0.224. The minimum Gasteiger partial charge on any atom is -0.494 e. The molecule has 1 aromatic rings. The molecule has 0 aromatic carbocycles. The number of nitrogens with zero attached hydrogens (tertiary/aromatic N) is 1. The van der Waals surface area contributed by atoms with Crippen LogP contribution in [-0.4, -0.2) is 20.0 Å². The van der Waals surface area contributed by atoms with Crippen molar-refractivity contribution in [2.24, 2.45) is 5.41 Å². The molecule has 4 heteroatoms. The predicted octanol–water partition coefficient (Wildman–Crippen LogP) is 6.91. The lowest BCUT2D eigenvalue weighted by molar-refractivity contribution is 0.183. The Morgan fingerprint density at radius 1 is 1.00 bits per heavy atom. The van der Waals surface area contributed by atoms with Gasteiger partial charge in [-0.3, -0.25) is 4.57 Å². The molecule has 25 heavy (non-hydrogen) atoms. The summed E-state index contributed by atoms with van der Waals surface area (Å²) in [5, 5.41) is 21.8. The number of unbranched alkanes of at least 4 members (excludes halogenated alkanes) is 2. The van der Waals surface area contributed by atoms with Crippen LogP contribution < -0.4 is 0 Å². The van der Waals surface area contributed by atoms with E-state index >= 15 is 0 Å². The molecule has 1 unspecified atom stereocenters. The molecular formula is C21H39NO2S. The van der Waals surface area contributed by atoms with Gasteiger partial charge in [-0.15, -0.1) is 11.8 Å². The second-order valence-electron chi connectivity index (χ2n) is 9.10. The first-order valence-corrected chi connectivity index (χ1v) is 10.7. The second-order valence-corrected chi connectivity index (χ2v) is 10.4. The zero-order valence-electron chi connectivity index (χ0n) is 17.4. The molecule has 0 saturated heterocycles. The van der Waals surface area contributed by atoms with E-state index in [9.17, 15) is 10.2 Å². The summed E-state index contributed by atoms with van der Waals surface area (Å²) >= 11 is 1.73. The van der Waals surface area contributed by atoms with E-state index in [1.165, 1.54) is 25.7 Å². The Balaban J connectivity index is 2.99. The zero-order valence-corrected chi connectivity index (χ0v) is 18.2. The molecule has 1 aromatic heterocycles. The fraction of sp³-hybridized carbons (Fsp3) is 0.810. The maximum atomic E-state index is 10.8. The molecule has 0 aliphatic rings. The van der Waals surface area contributed by atoms with E-state index < -0.39 is 0 Å². The third kappa shape index (κ3) is 6.80. The third-order valence-electron chi connectivity index (χ3n) is 4.52. The van der Waals surface area contributed by atoms with E-state index in [1.807, 2.05) is 0 Å². The minimum absolute atomic E-state index is 0.116. The highest BCUT2D eigenvalue weighted by Crippen LogP contribution is 2.45. The van der Waals surface area contributed by atoms with Gasteiger partial charge in [0.1, 0.15) is 0 Å². The summed E-state index contributed by atoms with van der Waals surface area (Å²) < 4.78 is 1.70. The van der Waals surface area contributed by atoms with Gasteiger partial charge in [0.25, 0.3) is 0 Å². The van der Waals surface area contributed by atoms with E-state index in [1.54, 1.807) is 22.4 Å². The van der Waals surface area contributed by atoms with Gasteiger partial charge in [-0.05, 0) is 38.5 Å². The van der Waals surface area contributed by atoms with E-state index in [4.69, 9.17) is 0 Å². The van der Waals surface area contributed by atoms with Crippen molar-refractivity contribution in [3.05, 3.63) is 6.07 Å². The molecule has 0 aliphatic carbocycles. The molecular weight excluding hydrogens is 330 g/mol. The van der Waals surface area contributed by atoms with Crippen LogP contribution in [0.1, 0.15) is 93.4 Å². The van der Waals surface area contributed by atoms with Crippen molar-refractivity contribution in [2.75, 3.05) is 0 Å². The van der Waals surface area contributed by atoms with Gasteiger partial charge in [0, 0.05) is 16.9 Å². The SMILES string of the molecule is CCCCCC(CCC)Sc1cc(O)n(C(C)(C)CC(C)(C)C)c1O. The van der Waals surface area contributed by atoms with Gasteiger partial charge in [0.2, 0.25) is 5.88 Å². The summed E-state index contributed by atoms with van der Waals surface area (Å²) in [6.45, 7) is 15.2. The van der Waals surface area contributed by atoms with Crippen LogP contribution in [0.5, 0.6) is 11.8 Å². The molecule has 3 nitrogen and oxygen atoms in total. The minimum atomic E-state index is -0.340. The summed E-state index contributed by atoms with van der Waals surface area (Å²) in [5.74, 6) is 0.381. The fourth-order valence-corrected chi connectivity index (χ4v) is 5.28. The van der Waals surface area contributed by atoms with Crippen LogP contribution >= 0.6 is 11.8 Å². The fourth-order valence-electron chi connectivity index (χ4n) is 3.91. The molecule has 146 valence electrons. The number of rotatable bonds is 10. The summed E-state index contributed by atoms with van der Waals surface area (Å²) in [4.78, 5) is 0.814.